The maximum Gasteiger partial charge on any atom is -0.00429 e. The smallest absolute Gasteiger partial charge is 0.00429 e. The van der Waals surface area contributed by atoms with Crippen LogP contribution in [0.15, 0.2) is 23.1 Å². The Morgan fingerprint density at radius 2 is 2.00 bits per heavy atom. The van der Waals surface area contributed by atoms with Gasteiger partial charge in [-0.3, -0.25) is 0 Å². The summed E-state index contributed by atoms with van der Waals surface area (Å²) in [5.74, 6) is 0. The molecule has 12 heavy (non-hydrogen) atoms. The third kappa shape index (κ3) is 5.48. The van der Waals surface area contributed by atoms with E-state index in [0.717, 1.165) is 12.8 Å². The molecule has 0 amide bonds. The third-order valence-electron chi connectivity index (χ3n) is 2.03. The van der Waals surface area contributed by atoms with Crippen molar-refractivity contribution in [2.24, 2.45) is 5.41 Å². The summed E-state index contributed by atoms with van der Waals surface area (Å²) in [7, 11) is 0. The van der Waals surface area contributed by atoms with Crippen LogP contribution in [0.25, 0.3) is 0 Å². The molecule has 0 atom stereocenters. The van der Waals surface area contributed by atoms with E-state index in [4.69, 9.17) is 0 Å². The van der Waals surface area contributed by atoms with E-state index < -0.39 is 0 Å². The first-order chi connectivity index (χ1) is 5.52. The van der Waals surface area contributed by atoms with Crippen molar-refractivity contribution in [3.05, 3.63) is 23.1 Å². The van der Waals surface area contributed by atoms with E-state index in [-0.39, 0.29) is 0 Å². The average molecular weight is 184 g/mol. The minimum absolute atomic E-state index is 0.290. The lowest BCUT2D eigenvalue weighted by atomic mass is 9.89. The summed E-state index contributed by atoms with van der Waals surface area (Å²) in [5, 5.41) is 0. The molecule has 0 nitrogen and oxygen atoms in total. The second-order valence-electron chi connectivity index (χ2n) is 3.75. The average Bonchev–Trinajstić information content (AvgIpc) is 2.00. The molecule has 70 valence electrons. The molecule has 0 rings (SSSR count). The fourth-order valence-electron chi connectivity index (χ4n) is 0.851. The van der Waals surface area contributed by atoms with Gasteiger partial charge in [-0.05, 0) is 30.1 Å². The van der Waals surface area contributed by atoms with Gasteiger partial charge in [0.1, 0.15) is 0 Å². The van der Waals surface area contributed by atoms with E-state index in [1.807, 2.05) is 6.92 Å². The highest BCUT2D eigenvalue weighted by atomic mass is 32.1. The van der Waals surface area contributed by atoms with E-state index >= 15 is 0 Å². The Morgan fingerprint density at radius 3 is 2.42 bits per heavy atom. The number of hydrogen-bond acceptors (Lipinski definition) is 1. The summed E-state index contributed by atoms with van der Waals surface area (Å²) >= 11 is 4.42. The lowest BCUT2D eigenvalue weighted by molar-refractivity contribution is 0.460. The molecule has 0 spiro atoms. The van der Waals surface area contributed by atoms with Crippen LogP contribution in [0.3, 0.4) is 0 Å². The SMILES string of the molecule is C/C=C\C/C(S)=C\C(C)(C)CC. The van der Waals surface area contributed by atoms with Gasteiger partial charge in [-0.25, -0.2) is 0 Å². The van der Waals surface area contributed by atoms with Gasteiger partial charge in [0, 0.05) is 0 Å². The van der Waals surface area contributed by atoms with Gasteiger partial charge in [-0.15, -0.1) is 12.6 Å². The number of rotatable bonds is 4. The first-order valence-corrected chi connectivity index (χ1v) is 4.98. The van der Waals surface area contributed by atoms with Crippen LogP contribution in [0.1, 0.15) is 40.5 Å². The molecular formula is C11H20S. The van der Waals surface area contributed by atoms with Crippen molar-refractivity contribution in [3.63, 3.8) is 0 Å². The lowest BCUT2D eigenvalue weighted by Gasteiger charge is -2.18. The van der Waals surface area contributed by atoms with Crippen LogP contribution in [-0.2, 0) is 0 Å². The van der Waals surface area contributed by atoms with Crippen molar-refractivity contribution >= 4 is 12.6 Å². The zero-order chi connectivity index (χ0) is 9.61. The van der Waals surface area contributed by atoms with E-state index in [9.17, 15) is 0 Å². The molecule has 0 bridgehead atoms. The highest BCUT2D eigenvalue weighted by Crippen LogP contribution is 2.25. The molecule has 0 N–H and O–H groups in total. The van der Waals surface area contributed by atoms with Gasteiger partial charge in [-0.1, -0.05) is 39.0 Å². The van der Waals surface area contributed by atoms with E-state index in [1.54, 1.807) is 0 Å². The highest BCUT2D eigenvalue weighted by molar-refractivity contribution is 7.84. The molecule has 0 aliphatic carbocycles. The Kier molecular flexibility index (Phi) is 5.39. The summed E-state index contributed by atoms with van der Waals surface area (Å²) in [5.41, 5.74) is 0.290. The van der Waals surface area contributed by atoms with Crippen molar-refractivity contribution < 1.29 is 0 Å². The predicted molar refractivity (Wildman–Crippen MR) is 60.6 cm³/mol. The normalized spacial score (nSPS) is 14.2. The van der Waals surface area contributed by atoms with Crippen LogP contribution >= 0.6 is 12.6 Å². The Bertz CT molecular complexity index is 175. The van der Waals surface area contributed by atoms with Crippen LogP contribution in [0.2, 0.25) is 0 Å². The van der Waals surface area contributed by atoms with Gasteiger partial charge < -0.3 is 0 Å². The molecule has 0 aliphatic heterocycles. The summed E-state index contributed by atoms with van der Waals surface area (Å²) < 4.78 is 0. The van der Waals surface area contributed by atoms with Crippen molar-refractivity contribution in [1.82, 2.24) is 0 Å². The molecule has 0 aliphatic rings. The molecule has 0 fully saturated rings. The molecule has 0 aromatic carbocycles. The van der Waals surface area contributed by atoms with Crippen LogP contribution in [0, 0.1) is 5.41 Å². The summed E-state index contributed by atoms with van der Waals surface area (Å²) in [4.78, 5) is 1.17. The zero-order valence-corrected chi connectivity index (χ0v) is 9.49. The minimum Gasteiger partial charge on any atom is -0.148 e. The molecular weight excluding hydrogens is 164 g/mol. The highest BCUT2D eigenvalue weighted by Gasteiger charge is 2.10. The van der Waals surface area contributed by atoms with Gasteiger partial charge in [0.2, 0.25) is 0 Å². The fraction of sp³-hybridized carbons (Fsp3) is 0.636. The monoisotopic (exact) mass is 184 g/mol. The maximum absolute atomic E-state index is 4.42. The summed E-state index contributed by atoms with van der Waals surface area (Å²) in [6, 6.07) is 0. The largest absolute Gasteiger partial charge is 0.148 e. The molecule has 0 unspecified atom stereocenters. The van der Waals surface area contributed by atoms with Gasteiger partial charge in [-0.2, -0.15) is 0 Å². The van der Waals surface area contributed by atoms with Crippen LogP contribution in [-0.4, -0.2) is 0 Å². The second kappa shape index (κ2) is 5.47. The molecule has 0 saturated carbocycles. The van der Waals surface area contributed by atoms with E-state index in [1.165, 1.54) is 4.91 Å². The van der Waals surface area contributed by atoms with Crippen LogP contribution in [0.4, 0.5) is 0 Å². The Morgan fingerprint density at radius 1 is 1.42 bits per heavy atom. The standard InChI is InChI=1S/C11H20S/c1-5-7-8-10(12)9-11(3,4)6-2/h5,7,9,12H,6,8H2,1-4H3/b7-5-,10-9+. The van der Waals surface area contributed by atoms with Crippen LogP contribution in [0.5, 0.6) is 0 Å². The van der Waals surface area contributed by atoms with Crippen molar-refractivity contribution in [1.29, 1.82) is 0 Å². The van der Waals surface area contributed by atoms with Gasteiger partial charge in [0.05, 0.1) is 0 Å². The minimum atomic E-state index is 0.290. The van der Waals surface area contributed by atoms with E-state index in [0.29, 0.717) is 5.41 Å². The Hall–Kier alpha value is -0.170. The maximum atomic E-state index is 4.42. The summed E-state index contributed by atoms with van der Waals surface area (Å²) in [6.07, 6.45) is 8.56. The predicted octanol–water partition coefficient (Wildman–Crippen LogP) is 4.20. The van der Waals surface area contributed by atoms with Crippen molar-refractivity contribution in [3.8, 4) is 0 Å². The molecule has 0 aromatic rings. The molecule has 0 aromatic heterocycles. The van der Waals surface area contributed by atoms with Gasteiger partial charge in [0.15, 0.2) is 0 Å². The van der Waals surface area contributed by atoms with Gasteiger partial charge in [0.25, 0.3) is 0 Å². The van der Waals surface area contributed by atoms with Crippen molar-refractivity contribution in [2.75, 3.05) is 0 Å². The van der Waals surface area contributed by atoms with Gasteiger partial charge >= 0.3 is 0 Å². The number of hydrogen-bond donors (Lipinski definition) is 1. The molecule has 0 saturated heterocycles. The fourth-order valence-corrected chi connectivity index (χ4v) is 1.31. The third-order valence-corrected chi connectivity index (χ3v) is 2.34. The van der Waals surface area contributed by atoms with Crippen molar-refractivity contribution in [2.45, 2.75) is 40.5 Å². The molecule has 0 radical (unpaired) electrons. The quantitative estimate of drug-likeness (QED) is 0.491. The second-order valence-corrected chi connectivity index (χ2v) is 4.33. The Labute approximate surface area is 82.2 Å². The number of thiol groups is 1. The first-order valence-electron chi connectivity index (χ1n) is 4.53. The zero-order valence-electron chi connectivity index (χ0n) is 8.59. The lowest BCUT2D eigenvalue weighted by Crippen LogP contribution is -2.05. The number of allylic oxidation sites excluding steroid dienone is 4. The molecule has 1 heteroatoms. The summed E-state index contributed by atoms with van der Waals surface area (Å²) in [6.45, 7) is 8.71. The van der Waals surface area contributed by atoms with Crippen LogP contribution < -0.4 is 0 Å². The first kappa shape index (κ1) is 11.8. The topological polar surface area (TPSA) is 0 Å². The van der Waals surface area contributed by atoms with E-state index in [2.05, 4.69) is 51.6 Å². The Balaban J connectivity index is 4.14. The molecule has 0 heterocycles.